The number of nitrogens with one attached hydrogen (secondary N) is 1. The van der Waals surface area contributed by atoms with Gasteiger partial charge in [-0.2, -0.15) is 0 Å². The summed E-state index contributed by atoms with van der Waals surface area (Å²) in [4.78, 5) is 23.5. The molecule has 2 aromatic rings. The lowest BCUT2D eigenvalue weighted by atomic mass is 10.1. The quantitative estimate of drug-likeness (QED) is 0.641. The van der Waals surface area contributed by atoms with Crippen molar-refractivity contribution >= 4 is 29.2 Å². The predicted octanol–water partition coefficient (Wildman–Crippen LogP) is 2.84. The second kappa shape index (κ2) is 7.79. The lowest BCUT2D eigenvalue weighted by molar-refractivity contribution is -0.124. The van der Waals surface area contributed by atoms with Crippen LogP contribution in [0.3, 0.4) is 0 Å². The molecule has 0 saturated heterocycles. The Labute approximate surface area is 143 Å². The summed E-state index contributed by atoms with van der Waals surface area (Å²) in [5.41, 5.74) is 7.19. The van der Waals surface area contributed by atoms with Crippen LogP contribution in [-0.2, 0) is 16.1 Å². The molecule has 0 aliphatic rings. The minimum absolute atomic E-state index is 0.140. The normalized spacial score (nSPS) is 10.3. The van der Waals surface area contributed by atoms with E-state index in [1.54, 1.807) is 19.1 Å². The number of halogens is 2. The number of nitrogens with two attached hydrogens (primary N) is 1. The molecule has 0 spiro atoms. The van der Waals surface area contributed by atoms with Crippen LogP contribution in [0.4, 0.5) is 10.1 Å². The van der Waals surface area contributed by atoms with Gasteiger partial charge in [-0.3, -0.25) is 4.79 Å². The number of ether oxygens (including phenoxy) is 1. The first-order chi connectivity index (χ1) is 11.4. The topological polar surface area (TPSA) is 81.4 Å². The van der Waals surface area contributed by atoms with Crippen LogP contribution in [0, 0.1) is 12.7 Å². The number of carbonyl (C=O) groups excluding carboxylic acids is 2. The summed E-state index contributed by atoms with van der Waals surface area (Å²) >= 11 is 5.77. The van der Waals surface area contributed by atoms with Crippen molar-refractivity contribution in [2.75, 3.05) is 12.3 Å². The molecule has 0 heterocycles. The second-order valence-electron chi connectivity index (χ2n) is 5.17. The third kappa shape index (κ3) is 4.70. The van der Waals surface area contributed by atoms with Crippen LogP contribution in [0.2, 0.25) is 5.02 Å². The van der Waals surface area contributed by atoms with Crippen LogP contribution in [-0.4, -0.2) is 18.5 Å². The molecule has 0 saturated carbocycles. The third-order valence-electron chi connectivity index (χ3n) is 3.29. The molecule has 5 nitrogen and oxygen atoms in total. The molecule has 0 atom stereocenters. The lowest BCUT2D eigenvalue weighted by Crippen LogP contribution is -2.28. The van der Waals surface area contributed by atoms with E-state index >= 15 is 0 Å². The molecule has 0 radical (unpaired) electrons. The van der Waals surface area contributed by atoms with Crippen LogP contribution in [0.25, 0.3) is 0 Å². The summed E-state index contributed by atoms with van der Waals surface area (Å²) in [5, 5.41) is 2.87. The van der Waals surface area contributed by atoms with Gasteiger partial charge in [0.1, 0.15) is 5.82 Å². The largest absolute Gasteiger partial charge is 0.452 e. The number of anilines is 1. The van der Waals surface area contributed by atoms with Gasteiger partial charge in [-0.1, -0.05) is 23.7 Å². The molecule has 0 fully saturated rings. The first-order valence-electron chi connectivity index (χ1n) is 7.10. The van der Waals surface area contributed by atoms with E-state index in [0.29, 0.717) is 16.1 Å². The van der Waals surface area contributed by atoms with Crippen molar-refractivity contribution in [1.29, 1.82) is 0 Å². The van der Waals surface area contributed by atoms with Crippen molar-refractivity contribution in [3.8, 4) is 0 Å². The first kappa shape index (κ1) is 17.7. The highest BCUT2D eigenvalue weighted by Crippen LogP contribution is 2.19. The maximum atomic E-state index is 13.4. The second-order valence-corrected chi connectivity index (χ2v) is 5.58. The first-order valence-corrected chi connectivity index (χ1v) is 7.48. The van der Waals surface area contributed by atoms with Gasteiger partial charge >= 0.3 is 5.97 Å². The summed E-state index contributed by atoms with van der Waals surface area (Å²) in [7, 11) is 0. The molecule has 0 aliphatic heterocycles. The smallest absolute Gasteiger partial charge is 0.338 e. The average molecular weight is 351 g/mol. The van der Waals surface area contributed by atoms with E-state index in [0.717, 1.165) is 0 Å². The van der Waals surface area contributed by atoms with E-state index in [-0.39, 0.29) is 23.6 Å². The highest BCUT2D eigenvalue weighted by molar-refractivity contribution is 6.33. The zero-order valence-corrected chi connectivity index (χ0v) is 13.7. The Kier molecular flexibility index (Phi) is 5.76. The summed E-state index contributed by atoms with van der Waals surface area (Å²) in [6, 6.07) is 8.98. The Bertz CT molecular complexity index is 780. The van der Waals surface area contributed by atoms with Crippen LogP contribution in [0.5, 0.6) is 0 Å². The lowest BCUT2D eigenvalue weighted by Gasteiger charge is -2.08. The van der Waals surface area contributed by atoms with Gasteiger partial charge in [0.15, 0.2) is 6.61 Å². The highest BCUT2D eigenvalue weighted by atomic mass is 35.5. The van der Waals surface area contributed by atoms with Gasteiger partial charge in [0, 0.05) is 6.54 Å². The number of carbonyl (C=O) groups is 2. The number of hydrogen-bond donors (Lipinski definition) is 2. The number of amides is 1. The Morgan fingerprint density at radius 2 is 2.00 bits per heavy atom. The van der Waals surface area contributed by atoms with Crippen molar-refractivity contribution in [3.05, 3.63) is 63.9 Å². The van der Waals surface area contributed by atoms with Crippen molar-refractivity contribution in [1.82, 2.24) is 5.32 Å². The zero-order chi connectivity index (χ0) is 17.7. The van der Waals surface area contributed by atoms with Gasteiger partial charge in [-0.05, 0) is 42.3 Å². The Hall–Kier alpha value is -2.60. The molecular formula is C17H16ClFN2O3. The van der Waals surface area contributed by atoms with Crippen LogP contribution in [0.15, 0.2) is 36.4 Å². The van der Waals surface area contributed by atoms with Crippen LogP contribution in [0.1, 0.15) is 21.5 Å². The minimum Gasteiger partial charge on any atom is -0.452 e. The molecule has 0 unspecified atom stereocenters. The van der Waals surface area contributed by atoms with Gasteiger partial charge in [-0.15, -0.1) is 0 Å². The fraction of sp³-hybridized carbons (Fsp3) is 0.176. The van der Waals surface area contributed by atoms with Crippen molar-refractivity contribution < 1.29 is 18.7 Å². The number of esters is 1. The van der Waals surface area contributed by atoms with Crippen molar-refractivity contribution in [2.24, 2.45) is 0 Å². The molecular weight excluding hydrogens is 335 g/mol. The number of benzene rings is 2. The van der Waals surface area contributed by atoms with Gasteiger partial charge in [-0.25, -0.2) is 9.18 Å². The SMILES string of the molecule is Cc1ccc(CNC(=O)COC(=O)c2ccc(Cl)c(N)c2)cc1F. The van der Waals surface area contributed by atoms with E-state index in [1.165, 1.54) is 24.3 Å². The monoisotopic (exact) mass is 350 g/mol. The summed E-state index contributed by atoms with van der Waals surface area (Å²) in [5.74, 6) is -1.52. The molecule has 0 aromatic heterocycles. The number of rotatable bonds is 5. The minimum atomic E-state index is -0.685. The van der Waals surface area contributed by atoms with E-state index in [2.05, 4.69) is 5.32 Å². The molecule has 7 heteroatoms. The fourth-order valence-electron chi connectivity index (χ4n) is 1.88. The van der Waals surface area contributed by atoms with E-state index < -0.39 is 18.5 Å². The maximum absolute atomic E-state index is 13.4. The molecule has 0 bridgehead atoms. The molecule has 126 valence electrons. The maximum Gasteiger partial charge on any atom is 0.338 e. The van der Waals surface area contributed by atoms with Crippen LogP contribution < -0.4 is 11.1 Å². The van der Waals surface area contributed by atoms with Crippen molar-refractivity contribution in [2.45, 2.75) is 13.5 Å². The van der Waals surface area contributed by atoms with Gasteiger partial charge in [0.2, 0.25) is 0 Å². The van der Waals surface area contributed by atoms with E-state index in [4.69, 9.17) is 22.1 Å². The van der Waals surface area contributed by atoms with Gasteiger partial charge < -0.3 is 15.8 Å². The zero-order valence-electron chi connectivity index (χ0n) is 12.9. The Morgan fingerprint density at radius 3 is 2.67 bits per heavy atom. The van der Waals surface area contributed by atoms with Crippen LogP contribution >= 0.6 is 11.6 Å². The number of nitrogen functional groups attached to an aromatic ring is 1. The van der Waals surface area contributed by atoms with E-state index in [1.807, 2.05) is 0 Å². The fourth-order valence-corrected chi connectivity index (χ4v) is 2.00. The summed E-state index contributed by atoms with van der Waals surface area (Å²) < 4.78 is 18.3. The average Bonchev–Trinajstić information content (AvgIpc) is 2.56. The van der Waals surface area contributed by atoms with Gasteiger partial charge in [0.05, 0.1) is 16.3 Å². The number of hydrogen-bond acceptors (Lipinski definition) is 4. The Morgan fingerprint density at radius 1 is 1.25 bits per heavy atom. The van der Waals surface area contributed by atoms with E-state index in [9.17, 15) is 14.0 Å². The highest BCUT2D eigenvalue weighted by Gasteiger charge is 2.11. The molecule has 2 rings (SSSR count). The van der Waals surface area contributed by atoms with Gasteiger partial charge in [0.25, 0.3) is 5.91 Å². The summed E-state index contributed by atoms with van der Waals surface area (Å²) in [6.07, 6.45) is 0. The predicted molar refractivity (Wildman–Crippen MR) is 89.1 cm³/mol. The molecule has 3 N–H and O–H groups in total. The standard InChI is InChI=1S/C17H16ClFN2O3/c1-10-2-3-11(6-14(10)19)8-21-16(22)9-24-17(23)12-4-5-13(18)15(20)7-12/h2-7H,8-9,20H2,1H3,(H,21,22). The summed E-state index contributed by atoms with van der Waals surface area (Å²) in [6.45, 7) is 1.35. The third-order valence-corrected chi connectivity index (χ3v) is 3.64. The number of aryl methyl sites for hydroxylation is 1. The molecule has 24 heavy (non-hydrogen) atoms. The molecule has 2 aromatic carbocycles. The Balaban J connectivity index is 1.83. The molecule has 0 aliphatic carbocycles. The molecule has 1 amide bonds. The van der Waals surface area contributed by atoms with Crippen molar-refractivity contribution in [3.63, 3.8) is 0 Å².